The normalized spacial score (nSPS) is 15.8. The summed E-state index contributed by atoms with van der Waals surface area (Å²) in [5.41, 5.74) is 0.910. The number of aromatic hydroxyl groups is 1. The van der Waals surface area contributed by atoms with Crippen LogP contribution in [-0.4, -0.2) is 83.5 Å². The number of aromatic nitrogens is 3. The summed E-state index contributed by atoms with van der Waals surface area (Å²) in [7, 11) is 4.01. The fourth-order valence-corrected chi connectivity index (χ4v) is 5.70. The number of benzene rings is 2. The summed E-state index contributed by atoms with van der Waals surface area (Å²) in [4.78, 5) is 11.4. The summed E-state index contributed by atoms with van der Waals surface area (Å²) < 4.78 is 41.8. The second kappa shape index (κ2) is 11.2. The number of rotatable bonds is 7. The average Bonchev–Trinajstić information content (AvgIpc) is 3.53. The van der Waals surface area contributed by atoms with Gasteiger partial charge in [-0.3, -0.25) is 10.00 Å². The van der Waals surface area contributed by atoms with E-state index in [4.69, 9.17) is 11.6 Å². The van der Waals surface area contributed by atoms with E-state index in [1.165, 1.54) is 29.5 Å². The maximum atomic E-state index is 13.9. The molecule has 2 N–H and O–H groups in total. The van der Waals surface area contributed by atoms with Gasteiger partial charge in [-0.2, -0.15) is 23.3 Å². The first kappa shape index (κ1) is 27.4. The Labute approximate surface area is 233 Å². The van der Waals surface area contributed by atoms with Crippen molar-refractivity contribution >= 4 is 50.6 Å². The van der Waals surface area contributed by atoms with Crippen LogP contribution < -0.4 is 4.90 Å². The van der Waals surface area contributed by atoms with Crippen molar-refractivity contribution in [2.24, 2.45) is 0 Å². The Bertz CT molecular complexity index is 1490. The summed E-state index contributed by atoms with van der Waals surface area (Å²) in [6.07, 6.45) is -1.54. The highest BCUT2D eigenvalue weighted by molar-refractivity contribution is 7.17. The van der Waals surface area contributed by atoms with Gasteiger partial charge in [0.1, 0.15) is 4.88 Å². The molecule has 1 fully saturated rings. The van der Waals surface area contributed by atoms with E-state index in [1.807, 2.05) is 18.0 Å². The summed E-state index contributed by atoms with van der Waals surface area (Å²) >= 11 is 7.15. The van der Waals surface area contributed by atoms with Crippen LogP contribution in [0.5, 0.6) is 5.88 Å². The molecule has 0 amide bonds. The first-order valence-electron chi connectivity index (χ1n) is 12.4. The van der Waals surface area contributed by atoms with E-state index < -0.39 is 11.7 Å². The van der Waals surface area contributed by atoms with Gasteiger partial charge in [-0.05, 0) is 48.5 Å². The van der Waals surface area contributed by atoms with Gasteiger partial charge in [0.05, 0.1) is 17.3 Å². The summed E-state index contributed by atoms with van der Waals surface area (Å²) in [5, 5.41) is 19.2. The molecular formula is C27H28ClF3N6OS. The standard InChI is InChI=1S/C27H28ClF3N6OS/c1-35-7-10-37(11-8-35)12-9-36(2)26-33-25(38)24(39-26)21(17-4-6-23-19(13-17)16-32-34-23)14-18-3-5-20(28)15-22(18)27(29,30)31/h3-6,13-16,38H,7-12H2,1-2H3,(H,32,34). The molecule has 39 heavy (non-hydrogen) atoms. The van der Waals surface area contributed by atoms with Crippen molar-refractivity contribution in [1.29, 1.82) is 0 Å². The Morgan fingerprint density at radius 2 is 1.95 bits per heavy atom. The van der Waals surface area contributed by atoms with Gasteiger partial charge in [0.2, 0.25) is 5.88 Å². The van der Waals surface area contributed by atoms with Gasteiger partial charge >= 0.3 is 6.18 Å². The fraction of sp³-hybridized carbons (Fsp3) is 0.333. The van der Waals surface area contributed by atoms with Crippen LogP contribution in [0.4, 0.5) is 18.3 Å². The fourth-order valence-electron chi connectivity index (χ4n) is 4.54. The number of thiazole rings is 1. The molecule has 4 aromatic rings. The monoisotopic (exact) mass is 576 g/mol. The molecule has 1 saturated heterocycles. The molecule has 0 radical (unpaired) electrons. The largest absolute Gasteiger partial charge is 0.492 e. The first-order valence-corrected chi connectivity index (χ1v) is 13.6. The van der Waals surface area contributed by atoms with Crippen LogP contribution in [0.1, 0.15) is 21.6 Å². The van der Waals surface area contributed by atoms with Gasteiger partial charge in [-0.15, -0.1) is 0 Å². The Morgan fingerprint density at radius 3 is 2.69 bits per heavy atom. The second-order valence-electron chi connectivity index (χ2n) is 9.68. The zero-order chi connectivity index (χ0) is 27.7. The average molecular weight is 577 g/mol. The molecule has 1 aliphatic heterocycles. The minimum absolute atomic E-state index is 0.00857. The molecule has 0 bridgehead atoms. The van der Waals surface area contributed by atoms with E-state index >= 15 is 0 Å². The van der Waals surface area contributed by atoms with Crippen LogP contribution >= 0.6 is 22.9 Å². The van der Waals surface area contributed by atoms with E-state index in [-0.39, 0.29) is 16.5 Å². The molecule has 0 aliphatic carbocycles. The summed E-state index contributed by atoms with van der Waals surface area (Å²) in [6, 6.07) is 9.08. The molecule has 206 valence electrons. The van der Waals surface area contributed by atoms with Crippen molar-refractivity contribution in [2.75, 3.05) is 58.3 Å². The molecule has 2 aromatic carbocycles. The van der Waals surface area contributed by atoms with Crippen molar-refractivity contribution < 1.29 is 18.3 Å². The molecular weight excluding hydrogens is 549 g/mol. The van der Waals surface area contributed by atoms with Crippen LogP contribution in [0.15, 0.2) is 42.6 Å². The molecule has 1 aliphatic rings. The number of hydrogen-bond donors (Lipinski definition) is 2. The number of anilines is 1. The van der Waals surface area contributed by atoms with Crippen molar-refractivity contribution in [3.63, 3.8) is 0 Å². The molecule has 0 unspecified atom stereocenters. The highest BCUT2D eigenvalue weighted by atomic mass is 35.5. The lowest BCUT2D eigenvalue weighted by molar-refractivity contribution is -0.137. The third-order valence-corrected chi connectivity index (χ3v) is 8.32. The highest BCUT2D eigenvalue weighted by Gasteiger charge is 2.33. The van der Waals surface area contributed by atoms with Gasteiger partial charge < -0.3 is 14.9 Å². The minimum atomic E-state index is -4.61. The predicted octanol–water partition coefficient (Wildman–Crippen LogP) is 5.67. The number of nitrogens with one attached hydrogen (secondary N) is 1. The van der Waals surface area contributed by atoms with Gasteiger partial charge in [0.15, 0.2) is 5.13 Å². The molecule has 3 heterocycles. The Balaban J connectivity index is 1.52. The predicted molar refractivity (Wildman–Crippen MR) is 151 cm³/mol. The van der Waals surface area contributed by atoms with Crippen LogP contribution in [0, 0.1) is 0 Å². The van der Waals surface area contributed by atoms with Crippen LogP contribution in [0.2, 0.25) is 5.02 Å². The lowest BCUT2D eigenvalue weighted by atomic mass is 9.98. The van der Waals surface area contributed by atoms with Crippen molar-refractivity contribution in [3.8, 4) is 5.88 Å². The van der Waals surface area contributed by atoms with Crippen LogP contribution in [-0.2, 0) is 6.18 Å². The Hall–Kier alpha value is -3.12. The molecule has 0 saturated carbocycles. The molecule has 12 heteroatoms. The van der Waals surface area contributed by atoms with Crippen molar-refractivity contribution in [3.05, 3.63) is 69.2 Å². The minimum Gasteiger partial charge on any atom is -0.492 e. The first-order chi connectivity index (χ1) is 18.6. The molecule has 7 nitrogen and oxygen atoms in total. The third-order valence-electron chi connectivity index (χ3n) is 6.89. The van der Waals surface area contributed by atoms with Gasteiger partial charge in [-0.25, -0.2) is 0 Å². The highest BCUT2D eigenvalue weighted by Crippen LogP contribution is 2.42. The lowest BCUT2D eigenvalue weighted by Crippen LogP contribution is -2.46. The zero-order valence-electron chi connectivity index (χ0n) is 21.5. The summed E-state index contributed by atoms with van der Waals surface area (Å²) in [6.45, 7) is 5.57. The number of nitrogens with zero attached hydrogens (tertiary/aromatic N) is 5. The maximum absolute atomic E-state index is 13.9. The Morgan fingerprint density at radius 1 is 1.18 bits per heavy atom. The van der Waals surface area contributed by atoms with Gasteiger partial charge in [0.25, 0.3) is 0 Å². The van der Waals surface area contributed by atoms with Gasteiger partial charge in [-0.1, -0.05) is 35.1 Å². The van der Waals surface area contributed by atoms with E-state index in [1.54, 1.807) is 18.3 Å². The third kappa shape index (κ3) is 6.22. The van der Waals surface area contributed by atoms with E-state index in [9.17, 15) is 18.3 Å². The maximum Gasteiger partial charge on any atom is 0.417 e. The number of fused-ring (bicyclic) bond motifs is 1. The SMILES string of the molecule is CN1CCN(CCN(C)c2nc(O)c(C(=Cc3ccc(Cl)cc3C(F)(F)F)c3ccc4[nH]ncc4c3)s2)CC1. The molecule has 0 atom stereocenters. The second-order valence-corrected chi connectivity index (χ2v) is 11.1. The number of likely N-dealkylation sites (N-methyl/N-ethyl adjacent to an activating group) is 2. The quantitative estimate of drug-likeness (QED) is 0.276. The summed E-state index contributed by atoms with van der Waals surface area (Å²) in [5.74, 6) is -0.234. The molecule has 5 rings (SSSR count). The van der Waals surface area contributed by atoms with Gasteiger partial charge in [0, 0.05) is 62.3 Å². The van der Waals surface area contributed by atoms with Crippen molar-refractivity contribution in [2.45, 2.75) is 6.18 Å². The van der Waals surface area contributed by atoms with Crippen molar-refractivity contribution in [1.82, 2.24) is 25.0 Å². The number of H-pyrrole nitrogens is 1. The lowest BCUT2D eigenvalue weighted by Gasteiger charge is -2.33. The number of hydrogen-bond acceptors (Lipinski definition) is 7. The number of halogens is 4. The molecule has 2 aromatic heterocycles. The van der Waals surface area contributed by atoms with E-state index in [0.717, 1.165) is 49.7 Å². The number of alkyl halides is 3. The van der Waals surface area contributed by atoms with E-state index in [2.05, 4.69) is 32.0 Å². The zero-order valence-corrected chi connectivity index (χ0v) is 23.0. The smallest absolute Gasteiger partial charge is 0.417 e. The number of aromatic amines is 1. The van der Waals surface area contributed by atoms with E-state index in [0.29, 0.717) is 27.7 Å². The topological polar surface area (TPSA) is 71.5 Å². The molecule has 0 spiro atoms. The Kier molecular flexibility index (Phi) is 7.86. The van der Waals surface area contributed by atoms with Crippen LogP contribution in [0.3, 0.4) is 0 Å². The van der Waals surface area contributed by atoms with Crippen LogP contribution in [0.25, 0.3) is 22.6 Å². The number of piperazine rings is 1.